The van der Waals surface area contributed by atoms with Crippen molar-refractivity contribution in [3.8, 4) is 0 Å². The molecule has 78 valence electrons. The summed E-state index contributed by atoms with van der Waals surface area (Å²) in [6.07, 6.45) is 1.18. The Hall–Kier alpha value is -0.120. The van der Waals surface area contributed by atoms with Gasteiger partial charge in [-0.05, 0) is 20.3 Å². The fourth-order valence-electron chi connectivity index (χ4n) is 1.85. The quantitative estimate of drug-likeness (QED) is 0.717. The summed E-state index contributed by atoms with van der Waals surface area (Å²) in [5.41, 5.74) is -0.103. The minimum absolute atomic E-state index is 0.103. The summed E-state index contributed by atoms with van der Waals surface area (Å²) in [6, 6.07) is 0. The van der Waals surface area contributed by atoms with Crippen molar-refractivity contribution in [3.63, 3.8) is 0 Å². The average molecular weight is 187 g/mol. The second kappa shape index (κ2) is 4.94. The molecular formula is C10H21NO2. The van der Waals surface area contributed by atoms with E-state index in [4.69, 9.17) is 9.47 Å². The zero-order valence-electron chi connectivity index (χ0n) is 8.93. The van der Waals surface area contributed by atoms with E-state index in [9.17, 15) is 0 Å². The van der Waals surface area contributed by atoms with Crippen LogP contribution >= 0.6 is 0 Å². The maximum atomic E-state index is 5.84. The fraction of sp³-hybridized carbons (Fsp3) is 1.00. The van der Waals surface area contributed by atoms with Crippen LogP contribution in [0.15, 0.2) is 0 Å². The summed E-state index contributed by atoms with van der Waals surface area (Å²) in [5, 5.41) is 3.36. The third-order valence-electron chi connectivity index (χ3n) is 2.85. The Morgan fingerprint density at radius 2 is 2.31 bits per heavy atom. The Bertz CT molecular complexity index is 144. The second-order valence-corrected chi connectivity index (χ2v) is 3.54. The van der Waals surface area contributed by atoms with Gasteiger partial charge in [0.05, 0.1) is 12.7 Å². The molecule has 2 unspecified atom stereocenters. The van der Waals surface area contributed by atoms with Crippen molar-refractivity contribution in [1.82, 2.24) is 5.32 Å². The van der Waals surface area contributed by atoms with E-state index in [0.29, 0.717) is 0 Å². The summed E-state index contributed by atoms with van der Waals surface area (Å²) in [4.78, 5) is 0. The molecule has 0 saturated carbocycles. The van der Waals surface area contributed by atoms with Gasteiger partial charge in [-0.1, -0.05) is 6.92 Å². The van der Waals surface area contributed by atoms with E-state index in [0.717, 1.165) is 32.7 Å². The van der Waals surface area contributed by atoms with Crippen LogP contribution in [0, 0.1) is 0 Å². The highest BCUT2D eigenvalue weighted by Crippen LogP contribution is 2.24. The summed E-state index contributed by atoms with van der Waals surface area (Å²) in [6.45, 7) is 9.70. The van der Waals surface area contributed by atoms with Crippen LogP contribution in [0.1, 0.15) is 27.2 Å². The lowest BCUT2D eigenvalue weighted by atomic mass is 9.93. The normalized spacial score (nSPS) is 31.6. The van der Waals surface area contributed by atoms with Crippen molar-refractivity contribution < 1.29 is 9.47 Å². The highest BCUT2D eigenvalue weighted by Gasteiger charge is 2.37. The van der Waals surface area contributed by atoms with Gasteiger partial charge in [0, 0.05) is 19.7 Å². The van der Waals surface area contributed by atoms with Crippen molar-refractivity contribution in [3.05, 3.63) is 0 Å². The molecule has 1 aliphatic rings. The molecule has 0 aliphatic carbocycles. The molecule has 1 aliphatic heterocycles. The Labute approximate surface area is 80.8 Å². The van der Waals surface area contributed by atoms with E-state index in [-0.39, 0.29) is 11.7 Å². The predicted molar refractivity (Wildman–Crippen MR) is 52.9 cm³/mol. The van der Waals surface area contributed by atoms with Crippen LogP contribution in [-0.4, -0.2) is 38.0 Å². The van der Waals surface area contributed by atoms with Crippen molar-refractivity contribution in [2.75, 3.05) is 26.3 Å². The smallest absolute Gasteiger partial charge is 0.106 e. The third kappa shape index (κ3) is 2.42. The SMILES string of the molecule is CCOC(C)C1(CC)CNCCO1. The van der Waals surface area contributed by atoms with Gasteiger partial charge in [-0.3, -0.25) is 0 Å². The van der Waals surface area contributed by atoms with Gasteiger partial charge in [0.25, 0.3) is 0 Å². The largest absolute Gasteiger partial charge is 0.376 e. The lowest BCUT2D eigenvalue weighted by Crippen LogP contribution is -2.56. The van der Waals surface area contributed by atoms with E-state index < -0.39 is 0 Å². The van der Waals surface area contributed by atoms with E-state index >= 15 is 0 Å². The highest BCUT2D eigenvalue weighted by molar-refractivity contribution is 4.90. The molecule has 0 aromatic rings. The average Bonchev–Trinajstić information content (AvgIpc) is 2.19. The van der Waals surface area contributed by atoms with E-state index in [1.54, 1.807) is 0 Å². The van der Waals surface area contributed by atoms with Crippen LogP contribution < -0.4 is 5.32 Å². The molecular weight excluding hydrogens is 166 g/mol. The van der Waals surface area contributed by atoms with Gasteiger partial charge in [0.1, 0.15) is 5.60 Å². The Morgan fingerprint density at radius 3 is 2.77 bits per heavy atom. The van der Waals surface area contributed by atoms with Crippen molar-refractivity contribution in [2.45, 2.75) is 38.9 Å². The number of morpholine rings is 1. The molecule has 0 bridgehead atoms. The summed E-state index contributed by atoms with van der Waals surface area (Å²) in [5.74, 6) is 0. The van der Waals surface area contributed by atoms with Gasteiger partial charge in [0.2, 0.25) is 0 Å². The van der Waals surface area contributed by atoms with Crippen LogP contribution in [0.2, 0.25) is 0 Å². The zero-order chi connectivity index (χ0) is 9.73. The van der Waals surface area contributed by atoms with E-state index in [1.165, 1.54) is 0 Å². The zero-order valence-corrected chi connectivity index (χ0v) is 8.93. The fourth-order valence-corrected chi connectivity index (χ4v) is 1.85. The van der Waals surface area contributed by atoms with E-state index in [2.05, 4.69) is 19.2 Å². The van der Waals surface area contributed by atoms with Gasteiger partial charge < -0.3 is 14.8 Å². The Morgan fingerprint density at radius 1 is 1.54 bits per heavy atom. The van der Waals surface area contributed by atoms with Crippen LogP contribution in [0.3, 0.4) is 0 Å². The molecule has 0 aromatic heterocycles. The molecule has 1 saturated heterocycles. The number of hydrogen-bond donors (Lipinski definition) is 1. The molecule has 1 rings (SSSR count). The molecule has 0 aromatic carbocycles. The second-order valence-electron chi connectivity index (χ2n) is 3.54. The maximum Gasteiger partial charge on any atom is 0.106 e. The monoisotopic (exact) mass is 187 g/mol. The molecule has 2 atom stereocenters. The number of nitrogens with one attached hydrogen (secondary N) is 1. The van der Waals surface area contributed by atoms with Gasteiger partial charge in [-0.15, -0.1) is 0 Å². The molecule has 3 heteroatoms. The first kappa shape index (κ1) is 11.0. The lowest BCUT2D eigenvalue weighted by molar-refractivity contribution is -0.151. The number of hydrogen-bond acceptors (Lipinski definition) is 3. The van der Waals surface area contributed by atoms with Crippen LogP contribution in [0.5, 0.6) is 0 Å². The Kier molecular flexibility index (Phi) is 4.16. The first-order chi connectivity index (χ1) is 6.25. The molecule has 1 N–H and O–H groups in total. The molecule has 3 nitrogen and oxygen atoms in total. The molecule has 1 heterocycles. The van der Waals surface area contributed by atoms with Crippen molar-refractivity contribution in [2.24, 2.45) is 0 Å². The van der Waals surface area contributed by atoms with E-state index in [1.807, 2.05) is 6.92 Å². The predicted octanol–water partition coefficient (Wildman–Crippen LogP) is 1.18. The lowest BCUT2D eigenvalue weighted by Gasteiger charge is -2.41. The minimum Gasteiger partial charge on any atom is -0.376 e. The van der Waals surface area contributed by atoms with Gasteiger partial charge in [-0.25, -0.2) is 0 Å². The number of ether oxygens (including phenoxy) is 2. The topological polar surface area (TPSA) is 30.5 Å². The summed E-state index contributed by atoms with van der Waals surface area (Å²) < 4.78 is 11.5. The Balaban J connectivity index is 2.55. The number of rotatable bonds is 4. The van der Waals surface area contributed by atoms with Crippen LogP contribution in [0.25, 0.3) is 0 Å². The molecule has 0 amide bonds. The van der Waals surface area contributed by atoms with Crippen LogP contribution in [-0.2, 0) is 9.47 Å². The third-order valence-corrected chi connectivity index (χ3v) is 2.85. The standard InChI is InChI=1S/C10H21NO2/c1-4-10(9(3)12-5-2)8-11-6-7-13-10/h9,11H,4-8H2,1-3H3. The first-order valence-corrected chi connectivity index (χ1v) is 5.21. The van der Waals surface area contributed by atoms with Crippen molar-refractivity contribution >= 4 is 0 Å². The summed E-state index contributed by atoms with van der Waals surface area (Å²) >= 11 is 0. The molecule has 13 heavy (non-hydrogen) atoms. The minimum atomic E-state index is -0.103. The van der Waals surface area contributed by atoms with Crippen molar-refractivity contribution in [1.29, 1.82) is 0 Å². The van der Waals surface area contributed by atoms with Gasteiger partial charge in [-0.2, -0.15) is 0 Å². The highest BCUT2D eigenvalue weighted by atomic mass is 16.6. The summed E-state index contributed by atoms with van der Waals surface area (Å²) in [7, 11) is 0. The maximum absolute atomic E-state index is 5.84. The van der Waals surface area contributed by atoms with Crippen LogP contribution in [0.4, 0.5) is 0 Å². The van der Waals surface area contributed by atoms with Gasteiger partial charge >= 0.3 is 0 Å². The molecule has 0 spiro atoms. The van der Waals surface area contributed by atoms with Gasteiger partial charge in [0.15, 0.2) is 0 Å². The molecule has 1 fully saturated rings. The first-order valence-electron chi connectivity index (χ1n) is 5.21. The molecule has 0 radical (unpaired) electrons.